The smallest absolute Gasteiger partial charge is 0.410 e. The normalized spacial score (nSPS) is 26.9. The summed E-state index contributed by atoms with van der Waals surface area (Å²) >= 11 is 0. The molecule has 0 saturated carbocycles. The van der Waals surface area contributed by atoms with E-state index in [-0.39, 0.29) is 11.6 Å². The molecule has 1 amide bonds. The number of amides is 1. The lowest BCUT2D eigenvalue weighted by Crippen LogP contribution is -2.51. The summed E-state index contributed by atoms with van der Waals surface area (Å²) in [5.41, 5.74) is 5.06. The van der Waals surface area contributed by atoms with Gasteiger partial charge in [-0.15, -0.1) is 0 Å². The predicted molar refractivity (Wildman–Crippen MR) is 59.6 cm³/mol. The van der Waals surface area contributed by atoms with Gasteiger partial charge in [-0.25, -0.2) is 4.79 Å². The fourth-order valence-corrected chi connectivity index (χ4v) is 1.86. The first-order chi connectivity index (χ1) is 6.78. The Balaban J connectivity index is 2.67. The van der Waals surface area contributed by atoms with E-state index in [1.807, 2.05) is 27.7 Å². The van der Waals surface area contributed by atoms with E-state index in [1.165, 1.54) is 0 Å². The van der Waals surface area contributed by atoms with Gasteiger partial charge < -0.3 is 15.4 Å². The highest BCUT2D eigenvalue weighted by molar-refractivity contribution is 5.69. The second-order valence-electron chi connectivity index (χ2n) is 5.44. The molecule has 0 unspecified atom stereocenters. The van der Waals surface area contributed by atoms with Crippen LogP contribution in [0.15, 0.2) is 0 Å². The molecule has 0 bridgehead atoms. The molecule has 1 heterocycles. The molecule has 0 aliphatic carbocycles. The van der Waals surface area contributed by atoms with Crippen molar-refractivity contribution in [3.8, 4) is 0 Å². The van der Waals surface area contributed by atoms with Crippen molar-refractivity contribution in [1.82, 2.24) is 4.90 Å². The maximum Gasteiger partial charge on any atom is 0.410 e. The molecular formula is C11H22N2O2. The van der Waals surface area contributed by atoms with Crippen LogP contribution >= 0.6 is 0 Å². The van der Waals surface area contributed by atoms with Crippen LogP contribution in [0, 0.1) is 0 Å². The van der Waals surface area contributed by atoms with Crippen LogP contribution in [0.5, 0.6) is 0 Å². The Morgan fingerprint density at radius 2 is 2.13 bits per heavy atom. The van der Waals surface area contributed by atoms with Crippen molar-refractivity contribution in [3.05, 3.63) is 0 Å². The van der Waals surface area contributed by atoms with Crippen LogP contribution in [0.4, 0.5) is 4.79 Å². The second-order valence-corrected chi connectivity index (χ2v) is 5.44. The molecule has 2 N–H and O–H groups in total. The Labute approximate surface area is 91.8 Å². The summed E-state index contributed by atoms with van der Waals surface area (Å²) < 4.78 is 5.35. The summed E-state index contributed by atoms with van der Waals surface area (Å²) in [6.07, 6.45) is 1.73. The van der Waals surface area contributed by atoms with Crippen molar-refractivity contribution in [2.24, 2.45) is 5.73 Å². The molecule has 1 atom stereocenters. The number of carbonyl (C=O) groups excluding carboxylic acids is 1. The standard InChI is InChI=1S/C11H22N2O2/c1-10(2,3)15-9(14)13-7-5-6-11(13,4)8-12/h5-8,12H2,1-4H3/t11-/m1/s1. The monoisotopic (exact) mass is 214 g/mol. The summed E-state index contributed by atoms with van der Waals surface area (Å²) in [4.78, 5) is 13.6. The molecule has 0 aromatic heterocycles. The number of hydrogen-bond donors (Lipinski definition) is 1. The average Bonchev–Trinajstić information content (AvgIpc) is 2.45. The van der Waals surface area contributed by atoms with Gasteiger partial charge in [-0.1, -0.05) is 0 Å². The van der Waals surface area contributed by atoms with Crippen molar-refractivity contribution in [2.75, 3.05) is 13.1 Å². The molecule has 0 aromatic carbocycles. The lowest BCUT2D eigenvalue weighted by molar-refractivity contribution is 0.0120. The molecule has 0 aromatic rings. The van der Waals surface area contributed by atoms with Crippen LogP contribution < -0.4 is 5.73 Å². The van der Waals surface area contributed by atoms with Gasteiger partial charge in [0.25, 0.3) is 0 Å². The van der Waals surface area contributed by atoms with Gasteiger partial charge in [0.05, 0.1) is 5.54 Å². The SMILES string of the molecule is CC(C)(C)OC(=O)N1CCC[C@]1(C)CN. The fourth-order valence-electron chi connectivity index (χ4n) is 1.86. The number of rotatable bonds is 1. The molecule has 4 heteroatoms. The van der Waals surface area contributed by atoms with E-state index < -0.39 is 5.60 Å². The number of carbonyl (C=O) groups is 1. The third-order valence-electron chi connectivity index (χ3n) is 2.80. The lowest BCUT2D eigenvalue weighted by Gasteiger charge is -2.35. The summed E-state index contributed by atoms with van der Waals surface area (Å²) in [5.74, 6) is 0. The van der Waals surface area contributed by atoms with E-state index >= 15 is 0 Å². The largest absolute Gasteiger partial charge is 0.444 e. The summed E-state index contributed by atoms with van der Waals surface area (Å²) in [7, 11) is 0. The molecule has 1 aliphatic heterocycles. The molecule has 1 rings (SSSR count). The van der Waals surface area contributed by atoms with Gasteiger partial charge in [0, 0.05) is 13.1 Å². The first kappa shape index (κ1) is 12.3. The summed E-state index contributed by atoms with van der Waals surface area (Å²) in [6.45, 7) is 8.89. The number of likely N-dealkylation sites (tertiary alicyclic amines) is 1. The highest BCUT2D eigenvalue weighted by Gasteiger charge is 2.40. The minimum Gasteiger partial charge on any atom is -0.444 e. The zero-order chi connectivity index (χ0) is 11.7. The Kier molecular flexibility index (Phi) is 3.28. The Hall–Kier alpha value is -0.770. The molecule has 1 fully saturated rings. The van der Waals surface area contributed by atoms with Crippen molar-refractivity contribution in [3.63, 3.8) is 0 Å². The second kappa shape index (κ2) is 4.00. The van der Waals surface area contributed by atoms with Crippen LogP contribution in [-0.4, -0.2) is 35.2 Å². The number of nitrogens with zero attached hydrogens (tertiary/aromatic N) is 1. The molecular weight excluding hydrogens is 192 g/mol. The molecule has 4 nitrogen and oxygen atoms in total. The van der Waals surface area contributed by atoms with Gasteiger partial charge in [0.2, 0.25) is 0 Å². The topological polar surface area (TPSA) is 55.6 Å². The van der Waals surface area contributed by atoms with E-state index in [0.29, 0.717) is 6.54 Å². The predicted octanol–water partition coefficient (Wildman–Crippen LogP) is 1.73. The zero-order valence-corrected chi connectivity index (χ0v) is 10.2. The number of nitrogens with two attached hydrogens (primary N) is 1. The van der Waals surface area contributed by atoms with Gasteiger partial charge in [-0.3, -0.25) is 0 Å². The lowest BCUT2D eigenvalue weighted by atomic mass is 10.00. The molecule has 15 heavy (non-hydrogen) atoms. The van der Waals surface area contributed by atoms with E-state index in [1.54, 1.807) is 4.90 Å². The van der Waals surface area contributed by atoms with Crippen LogP contribution in [-0.2, 0) is 4.74 Å². The number of hydrogen-bond acceptors (Lipinski definition) is 3. The fraction of sp³-hybridized carbons (Fsp3) is 0.909. The van der Waals surface area contributed by atoms with Crippen molar-refractivity contribution >= 4 is 6.09 Å². The summed E-state index contributed by atoms with van der Waals surface area (Å²) in [5, 5.41) is 0. The average molecular weight is 214 g/mol. The van der Waals surface area contributed by atoms with Gasteiger partial charge in [0.15, 0.2) is 0 Å². The Bertz CT molecular complexity index is 247. The Morgan fingerprint density at radius 1 is 1.53 bits per heavy atom. The first-order valence-electron chi connectivity index (χ1n) is 5.49. The third kappa shape index (κ3) is 2.84. The van der Waals surface area contributed by atoms with Crippen molar-refractivity contribution in [1.29, 1.82) is 0 Å². The Morgan fingerprint density at radius 3 is 2.60 bits per heavy atom. The molecule has 1 aliphatic rings. The number of ether oxygens (including phenoxy) is 1. The molecule has 0 spiro atoms. The quantitative estimate of drug-likeness (QED) is 0.723. The van der Waals surface area contributed by atoms with E-state index in [2.05, 4.69) is 0 Å². The molecule has 0 radical (unpaired) electrons. The van der Waals surface area contributed by atoms with Crippen LogP contribution in [0.2, 0.25) is 0 Å². The van der Waals surface area contributed by atoms with E-state index in [0.717, 1.165) is 19.4 Å². The maximum absolute atomic E-state index is 11.9. The molecule has 1 saturated heterocycles. The van der Waals surface area contributed by atoms with Crippen LogP contribution in [0.1, 0.15) is 40.5 Å². The third-order valence-corrected chi connectivity index (χ3v) is 2.80. The highest BCUT2D eigenvalue weighted by Crippen LogP contribution is 2.29. The van der Waals surface area contributed by atoms with E-state index in [9.17, 15) is 4.79 Å². The summed E-state index contributed by atoms with van der Waals surface area (Å²) in [6, 6.07) is 0. The maximum atomic E-state index is 11.9. The van der Waals surface area contributed by atoms with Gasteiger partial charge >= 0.3 is 6.09 Å². The minimum atomic E-state index is -0.435. The first-order valence-corrected chi connectivity index (χ1v) is 5.49. The van der Waals surface area contributed by atoms with Crippen LogP contribution in [0.3, 0.4) is 0 Å². The highest BCUT2D eigenvalue weighted by atomic mass is 16.6. The van der Waals surface area contributed by atoms with Crippen molar-refractivity contribution in [2.45, 2.75) is 51.7 Å². The van der Waals surface area contributed by atoms with Crippen LogP contribution in [0.25, 0.3) is 0 Å². The van der Waals surface area contributed by atoms with Gasteiger partial charge in [-0.05, 0) is 40.5 Å². The molecule has 88 valence electrons. The van der Waals surface area contributed by atoms with Gasteiger partial charge in [0.1, 0.15) is 5.60 Å². The van der Waals surface area contributed by atoms with Crippen molar-refractivity contribution < 1.29 is 9.53 Å². The zero-order valence-electron chi connectivity index (χ0n) is 10.2. The van der Waals surface area contributed by atoms with Gasteiger partial charge in [-0.2, -0.15) is 0 Å². The minimum absolute atomic E-state index is 0.220. The van der Waals surface area contributed by atoms with E-state index in [4.69, 9.17) is 10.5 Å².